The summed E-state index contributed by atoms with van der Waals surface area (Å²) in [7, 11) is 2.47. The molecule has 0 atom stereocenters. The number of rotatable bonds is 2. The third-order valence-corrected chi connectivity index (χ3v) is 1.81. The van der Waals surface area contributed by atoms with Crippen molar-refractivity contribution in [1.29, 1.82) is 0 Å². The predicted molar refractivity (Wildman–Crippen MR) is 51.7 cm³/mol. The highest BCUT2D eigenvalue weighted by Crippen LogP contribution is 2.10. The van der Waals surface area contributed by atoms with Crippen LogP contribution in [0.25, 0.3) is 0 Å². The second-order valence-electron chi connectivity index (χ2n) is 2.89. The second-order valence-corrected chi connectivity index (χ2v) is 2.89. The van der Waals surface area contributed by atoms with Crippen molar-refractivity contribution in [2.45, 2.75) is 6.92 Å². The van der Waals surface area contributed by atoms with Crippen LogP contribution in [0.1, 0.15) is 26.4 Å². The number of carbonyl (C=O) groups excluding carboxylic acids is 2. The topological polar surface area (TPSA) is 65.5 Å². The van der Waals surface area contributed by atoms with Crippen molar-refractivity contribution < 1.29 is 19.1 Å². The van der Waals surface area contributed by atoms with E-state index in [2.05, 4.69) is 14.5 Å². The van der Waals surface area contributed by atoms with Crippen molar-refractivity contribution in [1.82, 2.24) is 4.98 Å². The average Bonchev–Trinajstić information content (AvgIpc) is 2.26. The molecule has 0 saturated carbocycles. The van der Waals surface area contributed by atoms with Gasteiger partial charge in [-0.3, -0.25) is 0 Å². The molecule has 0 amide bonds. The van der Waals surface area contributed by atoms with Gasteiger partial charge in [0.15, 0.2) is 5.69 Å². The number of carbonyl (C=O) groups is 2. The lowest BCUT2D eigenvalue weighted by Gasteiger charge is -2.05. The Kier molecular flexibility index (Phi) is 3.38. The number of aryl methyl sites for hydroxylation is 1. The molecule has 0 aliphatic rings. The van der Waals surface area contributed by atoms with Gasteiger partial charge >= 0.3 is 11.9 Å². The molecule has 0 aromatic carbocycles. The molecule has 0 radical (unpaired) electrons. The smallest absolute Gasteiger partial charge is 0.357 e. The fourth-order valence-corrected chi connectivity index (χ4v) is 1.09. The van der Waals surface area contributed by atoms with Crippen LogP contribution in [0.4, 0.5) is 0 Å². The predicted octanol–water partition coefficient (Wildman–Crippen LogP) is 0.963. The van der Waals surface area contributed by atoms with Crippen molar-refractivity contribution in [2.24, 2.45) is 0 Å². The largest absolute Gasteiger partial charge is 0.465 e. The SMILES string of the molecule is COC(=O)c1cc(C)cnc1C(=O)OC. The molecule has 1 heterocycles. The van der Waals surface area contributed by atoms with Gasteiger partial charge in [-0.1, -0.05) is 0 Å². The van der Waals surface area contributed by atoms with Crippen LogP contribution >= 0.6 is 0 Å². The molecule has 0 unspecified atom stereocenters. The quantitative estimate of drug-likeness (QED) is 0.679. The van der Waals surface area contributed by atoms with Crippen LogP contribution in [0.5, 0.6) is 0 Å². The summed E-state index contributed by atoms with van der Waals surface area (Å²) in [6.45, 7) is 1.76. The van der Waals surface area contributed by atoms with E-state index >= 15 is 0 Å². The number of methoxy groups -OCH3 is 2. The summed E-state index contributed by atoms with van der Waals surface area (Å²) in [6.07, 6.45) is 1.48. The van der Waals surface area contributed by atoms with Crippen LogP contribution in [0.2, 0.25) is 0 Å². The molecule has 0 spiro atoms. The first-order valence-electron chi connectivity index (χ1n) is 4.23. The van der Waals surface area contributed by atoms with Gasteiger partial charge in [-0.15, -0.1) is 0 Å². The van der Waals surface area contributed by atoms with E-state index in [1.54, 1.807) is 6.92 Å². The molecule has 15 heavy (non-hydrogen) atoms. The van der Waals surface area contributed by atoms with Crippen LogP contribution in [0, 0.1) is 6.92 Å². The minimum atomic E-state index is -0.657. The summed E-state index contributed by atoms with van der Waals surface area (Å²) in [6, 6.07) is 1.53. The van der Waals surface area contributed by atoms with Gasteiger partial charge in [0.1, 0.15) is 0 Å². The van der Waals surface area contributed by atoms with Crippen LogP contribution in [0.15, 0.2) is 12.3 Å². The van der Waals surface area contributed by atoms with Gasteiger partial charge < -0.3 is 9.47 Å². The zero-order chi connectivity index (χ0) is 11.4. The Morgan fingerprint density at radius 2 is 1.80 bits per heavy atom. The van der Waals surface area contributed by atoms with Crippen LogP contribution in [-0.4, -0.2) is 31.1 Å². The Bertz CT molecular complexity index is 400. The van der Waals surface area contributed by atoms with E-state index in [9.17, 15) is 9.59 Å². The first-order valence-corrected chi connectivity index (χ1v) is 4.23. The number of pyridine rings is 1. The van der Waals surface area contributed by atoms with Crippen molar-refractivity contribution in [3.8, 4) is 0 Å². The zero-order valence-electron chi connectivity index (χ0n) is 8.73. The lowest BCUT2D eigenvalue weighted by atomic mass is 10.1. The Morgan fingerprint density at radius 1 is 1.20 bits per heavy atom. The molecular weight excluding hydrogens is 198 g/mol. The van der Waals surface area contributed by atoms with Gasteiger partial charge in [0, 0.05) is 6.20 Å². The van der Waals surface area contributed by atoms with Crippen LogP contribution in [0.3, 0.4) is 0 Å². The van der Waals surface area contributed by atoms with Crippen molar-refractivity contribution in [3.05, 3.63) is 29.1 Å². The fraction of sp³-hybridized carbons (Fsp3) is 0.300. The van der Waals surface area contributed by atoms with Gasteiger partial charge in [-0.25, -0.2) is 14.6 Å². The van der Waals surface area contributed by atoms with Crippen molar-refractivity contribution in [3.63, 3.8) is 0 Å². The maximum absolute atomic E-state index is 11.3. The minimum absolute atomic E-state index is 0.0325. The van der Waals surface area contributed by atoms with E-state index in [1.165, 1.54) is 26.5 Å². The maximum atomic E-state index is 11.3. The molecule has 0 aliphatic heterocycles. The first kappa shape index (κ1) is 11.2. The molecule has 1 rings (SSSR count). The Morgan fingerprint density at radius 3 is 2.33 bits per heavy atom. The second kappa shape index (κ2) is 4.54. The normalized spacial score (nSPS) is 9.53. The number of hydrogen-bond acceptors (Lipinski definition) is 5. The minimum Gasteiger partial charge on any atom is -0.465 e. The number of nitrogens with zero attached hydrogens (tertiary/aromatic N) is 1. The molecule has 80 valence electrons. The number of esters is 2. The number of ether oxygens (including phenoxy) is 2. The van der Waals surface area contributed by atoms with Gasteiger partial charge in [-0.2, -0.15) is 0 Å². The van der Waals surface area contributed by atoms with Gasteiger partial charge in [0.25, 0.3) is 0 Å². The summed E-state index contributed by atoms with van der Waals surface area (Å²) >= 11 is 0. The van der Waals surface area contributed by atoms with Crippen LogP contribution in [-0.2, 0) is 9.47 Å². The lowest BCUT2D eigenvalue weighted by molar-refractivity contribution is 0.0549. The van der Waals surface area contributed by atoms with E-state index in [-0.39, 0.29) is 11.3 Å². The van der Waals surface area contributed by atoms with Crippen LogP contribution < -0.4 is 0 Å². The van der Waals surface area contributed by atoms with Gasteiger partial charge in [0.2, 0.25) is 0 Å². The fourth-order valence-electron chi connectivity index (χ4n) is 1.09. The molecule has 5 nitrogen and oxygen atoms in total. The number of aromatic nitrogens is 1. The van der Waals surface area contributed by atoms with E-state index in [0.717, 1.165) is 5.56 Å². The Balaban J connectivity index is 3.26. The van der Waals surface area contributed by atoms with Gasteiger partial charge in [0.05, 0.1) is 19.8 Å². The van der Waals surface area contributed by atoms with E-state index in [0.29, 0.717) is 0 Å². The molecule has 0 N–H and O–H groups in total. The maximum Gasteiger partial charge on any atom is 0.357 e. The molecule has 1 aromatic rings. The highest BCUT2D eigenvalue weighted by Gasteiger charge is 2.19. The molecule has 0 fully saturated rings. The first-order chi connectivity index (χ1) is 7.10. The van der Waals surface area contributed by atoms with E-state index < -0.39 is 11.9 Å². The molecule has 0 bridgehead atoms. The summed E-state index contributed by atoms with van der Waals surface area (Å²) in [4.78, 5) is 26.5. The Labute approximate surface area is 87.0 Å². The molecule has 5 heteroatoms. The molecular formula is C10H11NO4. The molecule has 0 aliphatic carbocycles. The Hall–Kier alpha value is -1.91. The van der Waals surface area contributed by atoms with E-state index in [1.807, 2.05) is 0 Å². The van der Waals surface area contributed by atoms with Crippen molar-refractivity contribution >= 4 is 11.9 Å². The highest BCUT2D eigenvalue weighted by atomic mass is 16.5. The zero-order valence-corrected chi connectivity index (χ0v) is 8.73. The van der Waals surface area contributed by atoms with Crippen molar-refractivity contribution in [2.75, 3.05) is 14.2 Å². The lowest BCUT2D eigenvalue weighted by Crippen LogP contribution is -2.14. The summed E-state index contributed by atoms with van der Waals surface area (Å²) in [5.41, 5.74) is 0.849. The molecule has 1 aromatic heterocycles. The third-order valence-electron chi connectivity index (χ3n) is 1.81. The van der Waals surface area contributed by atoms with E-state index in [4.69, 9.17) is 0 Å². The monoisotopic (exact) mass is 209 g/mol. The number of hydrogen-bond donors (Lipinski definition) is 0. The van der Waals surface area contributed by atoms with Gasteiger partial charge in [-0.05, 0) is 18.6 Å². The molecule has 0 saturated heterocycles. The third kappa shape index (κ3) is 2.31. The highest BCUT2D eigenvalue weighted by molar-refractivity contribution is 6.01. The summed E-state index contributed by atoms with van der Waals surface area (Å²) in [5, 5.41) is 0. The summed E-state index contributed by atoms with van der Waals surface area (Å²) < 4.78 is 9.04. The summed E-state index contributed by atoms with van der Waals surface area (Å²) in [5.74, 6) is -1.26. The average molecular weight is 209 g/mol. The standard InChI is InChI=1S/C10H11NO4/c1-6-4-7(9(12)14-2)8(11-5-6)10(13)15-3/h4-5H,1-3H3.